The fourth-order valence-electron chi connectivity index (χ4n) is 4.18. The van der Waals surface area contributed by atoms with Gasteiger partial charge in [0.1, 0.15) is 11.5 Å². The van der Waals surface area contributed by atoms with E-state index < -0.39 is 0 Å². The number of benzene rings is 2. The minimum atomic E-state index is -0.138. The molecule has 0 spiro atoms. The Morgan fingerprint density at radius 1 is 1.08 bits per heavy atom. The molecule has 1 aliphatic carbocycles. The number of thioether (sulfide) groups is 1. The molecule has 4 aromatic rings. The van der Waals surface area contributed by atoms with Crippen LogP contribution in [0.5, 0.6) is 5.75 Å². The summed E-state index contributed by atoms with van der Waals surface area (Å²) >= 11 is 1.39. The summed E-state index contributed by atoms with van der Waals surface area (Å²) in [5.74, 6) is 4.26. The Morgan fingerprint density at radius 3 is 2.51 bits per heavy atom. The van der Waals surface area contributed by atoms with Crippen LogP contribution in [0, 0.1) is 5.92 Å². The number of nitrogens with zero attached hydrogens (tertiary/aromatic N) is 3. The minimum absolute atomic E-state index is 0.138. The first kappa shape index (κ1) is 26.6. The largest absolute Gasteiger partial charge is 0.497 e. The molecule has 8 nitrogen and oxygen atoms in total. The molecule has 2 aromatic carbocycles. The van der Waals surface area contributed by atoms with Gasteiger partial charge in [-0.25, -0.2) is 4.98 Å². The molecule has 194 valence electrons. The van der Waals surface area contributed by atoms with Gasteiger partial charge < -0.3 is 14.1 Å². The summed E-state index contributed by atoms with van der Waals surface area (Å²) < 4.78 is 11.0. The normalized spacial score (nSPS) is 17.2. The van der Waals surface area contributed by atoms with Crippen LogP contribution >= 0.6 is 11.8 Å². The molecule has 1 saturated carbocycles. The van der Waals surface area contributed by atoms with E-state index in [0.717, 1.165) is 36.0 Å². The van der Waals surface area contributed by atoms with E-state index in [1.54, 1.807) is 26.2 Å². The Hall–Kier alpha value is -3.46. The number of nitrogens with one attached hydrogen (secondary N) is 1. The number of aromatic nitrogens is 4. The lowest BCUT2D eigenvalue weighted by atomic mass is 9.83. The number of H-pyrrole nitrogens is 1. The highest BCUT2D eigenvalue weighted by Gasteiger charge is 2.24. The predicted molar refractivity (Wildman–Crippen MR) is 145 cm³/mol. The molecular weight excluding hydrogens is 488 g/mol. The van der Waals surface area contributed by atoms with Gasteiger partial charge in [0.25, 0.3) is 5.56 Å². The molecule has 0 unspecified atom stereocenters. The van der Waals surface area contributed by atoms with Gasteiger partial charge in [-0.1, -0.05) is 30.8 Å². The Kier molecular flexibility index (Phi) is 9.11. The van der Waals surface area contributed by atoms with Crippen LogP contribution in [0.2, 0.25) is 0 Å². The van der Waals surface area contributed by atoms with Crippen molar-refractivity contribution in [3.05, 3.63) is 64.8 Å². The van der Waals surface area contributed by atoms with Crippen molar-refractivity contribution in [1.82, 2.24) is 20.2 Å². The summed E-state index contributed by atoms with van der Waals surface area (Å²) in [5.41, 5.74) is 1.48. The average molecular weight is 521 g/mol. The second-order valence-electron chi connectivity index (χ2n) is 9.32. The molecule has 1 fully saturated rings. The van der Waals surface area contributed by atoms with Gasteiger partial charge in [0.2, 0.25) is 11.8 Å². The molecule has 0 bridgehead atoms. The summed E-state index contributed by atoms with van der Waals surface area (Å²) in [6, 6.07) is 14.9. The molecular formula is C28H32N4O4S. The Bertz CT molecular complexity index is 1370. The SMILES string of the molecule is CC(=O)CCSc1nc2ccccc2c(=O)[nH]1.COc1ccc(-c2nnc(C3CCC(C)CC3)o2)cc1. The van der Waals surface area contributed by atoms with E-state index in [-0.39, 0.29) is 11.3 Å². The van der Waals surface area contributed by atoms with Gasteiger partial charge in [-0.15, -0.1) is 10.2 Å². The first-order valence-electron chi connectivity index (χ1n) is 12.5. The quantitative estimate of drug-likeness (QED) is 0.232. The molecule has 0 amide bonds. The van der Waals surface area contributed by atoms with Gasteiger partial charge in [-0.2, -0.15) is 0 Å². The third kappa shape index (κ3) is 7.29. The van der Waals surface area contributed by atoms with Crippen LogP contribution in [0.1, 0.15) is 57.8 Å². The number of carbonyl (C=O) groups excluding carboxylic acids is 1. The van der Waals surface area contributed by atoms with Crippen molar-refractivity contribution in [2.45, 2.75) is 57.0 Å². The number of fused-ring (bicyclic) bond motifs is 1. The van der Waals surface area contributed by atoms with Gasteiger partial charge in [-0.05, 0) is 74.9 Å². The van der Waals surface area contributed by atoms with Crippen molar-refractivity contribution in [2.75, 3.05) is 12.9 Å². The number of ether oxygens (including phenoxy) is 1. The standard InChI is InChI=1S/C16H20N2O2.C12H12N2O2S/c1-11-3-5-12(6-4-11)15-17-18-16(20-15)13-7-9-14(19-2)10-8-13;1-8(15)6-7-17-12-13-10-5-3-2-4-9(10)11(16)14-12/h7-12H,3-6H2,1-2H3;2-5H,6-7H2,1H3,(H,13,14,16). The molecule has 1 N–H and O–H groups in total. The van der Waals surface area contributed by atoms with Gasteiger partial charge in [0.05, 0.1) is 18.0 Å². The van der Waals surface area contributed by atoms with Crippen LogP contribution in [0.25, 0.3) is 22.4 Å². The van der Waals surface area contributed by atoms with Crippen molar-refractivity contribution < 1.29 is 13.9 Å². The molecule has 37 heavy (non-hydrogen) atoms. The molecule has 5 rings (SSSR count). The third-order valence-electron chi connectivity index (χ3n) is 6.43. The van der Waals surface area contributed by atoms with Crippen LogP contribution in [0.4, 0.5) is 0 Å². The van der Waals surface area contributed by atoms with Crippen molar-refractivity contribution >= 4 is 28.4 Å². The van der Waals surface area contributed by atoms with Crippen LogP contribution in [0.3, 0.4) is 0 Å². The lowest BCUT2D eigenvalue weighted by Crippen LogP contribution is -2.10. The summed E-state index contributed by atoms with van der Waals surface area (Å²) in [6.45, 7) is 3.87. The number of rotatable bonds is 7. The van der Waals surface area contributed by atoms with Crippen LogP contribution in [-0.4, -0.2) is 38.8 Å². The highest BCUT2D eigenvalue weighted by molar-refractivity contribution is 7.99. The van der Waals surface area contributed by atoms with Crippen molar-refractivity contribution in [3.8, 4) is 17.2 Å². The molecule has 2 heterocycles. The smallest absolute Gasteiger partial charge is 0.259 e. The fourth-order valence-corrected chi connectivity index (χ4v) is 5.09. The highest BCUT2D eigenvalue weighted by Crippen LogP contribution is 2.35. The van der Waals surface area contributed by atoms with E-state index in [4.69, 9.17) is 9.15 Å². The van der Waals surface area contributed by atoms with Gasteiger partial charge in [0, 0.05) is 23.7 Å². The maximum absolute atomic E-state index is 11.7. The molecule has 0 saturated heterocycles. The number of hydrogen-bond donors (Lipinski definition) is 1. The van der Waals surface area contributed by atoms with E-state index in [1.165, 1.54) is 24.6 Å². The zero-order chi connectivity index (χ0) is 26.2. The summed E-state index contributed by atoms with van der Waals surface area (Å²) in [7, 11) is 1.66. The second kappa shape index (κ2) is 12.7. The number of ketones is 1. The van der Waals surface area contributed by atoms with Gasteiger partial charge in [-0.3, -0.25) is 9.59 Å². The molecule has 0 atom stereocenters. The highest BCUT2D eigenvalue weighted by atomic mass is 32.2. The predicted octanol–water partition coefficient (Wildman–Crippen LogP) is 6.03. The van der Waals surface area contributed by atoms with E-state index in [9.17, 15) is 9.59 Å². The lowest BCUT2D eigenvalue weighted by molar-refractivity contribution is -0.116. The first-order chi connectivity index (χ1) is 17.9. The zero-order valence-electron chi connectivity index (χ0n) is 21.4. The van der Waals surface area contributed by atoms with Crippen LogP contribution < -0.4 is 10.3 Å². The number of carbonyl (C=O) groups is 1. The number of aromatic amines is 1. The van der Waals surface area contributed by atoms with Gasteiger partial charge >= 0.3 is 0 Å². The summed E-state index contributed by atoms with van der Waals surface area (Å²) in [6.07, 6.45) is 5.31. The average Bonchev–Trinajstić information content (AvgIpc) is 3.40. The van der Waals surface area contributed by atoms with Gasteiger partial charge in [0.15, 0.2) is 5.16 Å². The molecule has 9 heteroatoms. The van der Waals surface area contributed by atoms with Crippen LogP contribution in [0.15, 0.2) is 62.9 Å². The molecule has 2 aromatic heterocycles. The van der Waals surface area contributed by atoms with E-state index in [2.05, 4.69) is 27.1 Å². The topological polar surface area (TPSA) is 111 Å². The lowest BCUT2D eigenvalue weighted by Gasteiger charge is -2.23. The Labute approximate surface area is 220 Å². The monoisotopic (exact) mass is 520 g/mol. The molecule has 0 radical (unpaired) electrons. The fraction of sp³-hybridized carbons (Fsp3) is 0.393. The Balaban J connectivity index is 0.000000176. The minimum Gasteiger partial charge on any atom is -0.497 e. The zero-order valence-corrected chi connectivity index (χ0v) is 22.2. The molecule has 0 aliphatic heterocycles. The maximum atomic E-state index is 11.7. The van der Waals surface area contributed by atoms with E-state index >= 15 is 0 Å². The first-order valence-corrected chi connectivity index (χ1v) is 13.5. The number of methoxy groups -OCH3 is 1. The second-order valence-corrected chi connectivity index (χ2v) is 10.4. The van der Waals surface area contributed by atoms with Crippen molar-refractivity contribution in [3.63, 3.8) is 0 Å². The molecule has 1 aliphatic rings. The summed E-state index contributed by atoms with van der Waals surface area (Å²) in [5, 5.41) is 9.57. The number of Topliss-reactive ketones (excluding diaryl/α,β-unsaturated/α-hetero) is 1. The Morgan fingerprint density at radius 2 is 1.81 bits per heavy atom. The van der Waals surface area contributed by atoms with E-state index in [1.807, 2.05) is 36.4 Å². The maximum Gasteiger partial charge on any atom is 0.259 e. The van der Waals surface area contributed by atoms with Crippen molar-refractivity contribution in [2.24, 2.45) is 5.92 Å². The van der Waals surface area contributed by atoms with Crippen LogP contribution in [-0.2, 0) is 4.79 Å². The van der Waals surface area contributed by atoms with Crippen molar-refractivity contribution in [1.29, 1.82) is 0 Å². The number of hydrogen-bond acceptors (Lipinski definition) is 8. The summed E-state index contributed by atoms with van der Waals surface area (Å²) in [4.78, 5) is 29.6. The third-order valence-corrected chi connectivity index (χ3v) is 7.30. The van der Waals surface area contributed by atoms with E-state index in [0.29, 0.717) is 40.0 Å². The number of para-hydroxylation sites is 1.